The summed E-state index contributed by atoms with van der Waals surface area (Å²) in [6, 6.07) is 0.341. The van der Waals surface area contributed by atoms with Crippen molar-refractivity contribution in [3.8, 4) is 0 Å². The third-order valence-electron chi connectivity index (χ3n) is 3.04. The van der Waals surface area contributed by atoms with E-state index in [-0.39, 0.29) is 12.5 Å². The van der Waals surface area contributed by atoms with E-state index in [1.807, 2.05) is 0 Å². The second-order valence-electron chi connectivity index (χ2n) is 4.46. The van der Waals surface area contributed by atoms with Gasteiger partial charge >= 0.3 is 0 Å². The SMILES string of the molecule is NCc1ncn(CC(=O)NC2CCCCC2)n1. The minimum absolute atomic E-state index is 0.00497. The second-order valence-corrected chi connectivity index (χ2v) is 4.46. The lowest BCUT2D eigenvalue weighted by molar-refractivity contribution is -0.122. The molecule has 94 valence electrons. The Kier molecular flexibility index (Phi) is 4.08. The quantitative estimate of drug-likeness (QED) is 0.782. The van der Waals surface area contributed by atoms with Gasteiger partial charge in [0.1, 0.15) is 12.9 Å². The number of aromatic nitrogens is 3. The van der Waals surface area contributed by atoms with Crippen molar-refractivity contribution in [1.82, 2.24) is 20.1 Å². The topological polar surface area (TPSA) is 85.8 Å². The number of carbonyl (C=O) groups excluding carboxylic acids is 1. The monoisotopic (exact) mass is 237 g/mol. The van der Waals surface area contributed by atoms with Crippen molar-refractivity contribution in [1.29, 1.82) is 0 Å². The van der Waals surface area contributed by atoms with Gasteiger partial charge in [0.05, 0.1) is 6.54 Å². The highest BCUT2D eigenvalue weighted by Gasteiger charge is 2.15. The number of rotatable bonds is 4. The highest BCUT2D eigenvalue weighted by molar-refractivity contribution is 5.75. The Morgan fingerprint density at radius 2 is 2.24 bits per heavy atom. The Bertz CT molecular complexity index is 370. The summed E-state index contributed by atoms with van der Waals surface area (Å²) < 4.78 is 1.53. The molecule has 1 amide bonds. The molecule has 0 aromatic carbocycles. The van der Waals surface area contributed by atoms with Crippen LogP contribution in [0.25, 0.3) is 0 Å². The highest BCUT2D eigenvalue weighted by atomic mass is 16.2. The fraction of sp³-hybridized carbons (Fsp3) is 0.727. The van der Waals surface area contributed by atoms with Gasteiger partial charge in [-0.3, -0.25) is 4.79 Å². The molecule has 1 aliphatic carbocycles. The van der Waals surface area contributed by atoms with Crippen LogP contribution in [0.15, 0.2) is 6.33 Å². The van der Waals surface area contributed by atoms with Crippen molar-refractivity contribution in [3.05, 3.63) is 12.2 Å². The molecule has 0 bridgehead atoms. The summed E-state index contributed by atoms with van der Waals surface area (Å²) in [7, 11) is 0. The first-order valence-electron chi connectivity index (χ1n) is 6.15. The molecule has 1 aromatic heterocycles. The van der Waals surface area contributed by atoms with Crippen LogP contribution in [0.2, 0.25) is 0 Å². The Morgan fingerprint density at radius 1 is 1.47 bits per heavy atom. The van der Waals surface area contributed by atoms with E-state index < -0.39 is 0 Å². The zero-order valence-electron chi connectivity index (χ0n) is 9.93. The van der Waals surface area contributed by atoms with E-state index in [0.717, 1.165) is 12.8 Å². The van der Waals surface area contributed by atoms with Crippen LogP contribution in [0.3, 0.4) is 0 Å². The lowest BCUT2D eigenvalue weighted by Crippen LogP contribution is -2.38. The lowest BCUT2D eigenvalue weighted by atomic mass is 9.95. The predicted octanol–water partition coefficient (Wildman–Crippen LogP) is 0.186. The number of carbonyl (C=O) groups is 1. The smallest absolute Gasteiger partial charge is 0.242 e. The Balaban J connectivity index is 1.79. The first-order valence-corrected chi connectivity index (χ1v) is 6.15. The molecular formula is C11H19N5O. The number of nitrogens with one attached hydrogen (secondary N) is 1. The van der Waals surface area contributed by atoms with Gasteiger partial charge in [-0.25, -0.2) is 9.67 Å². The maximum Gasteiger partial charge on any atom is 0.242 e. The summed E-state index contributed by atoms with van der Waals surface area (Å²) in [4.78, 5) is 15.7. The van der Waals surface area contributed by atoms with E-state index in [0.29, 0.717) is 18.4 Å². The van der Waals surface area contributed by atoms with Gasteiger partial charge in [0, 0.05) is 6.04 Å². The van der Waals surface area contributed by atoms with Crippen molar-refractivity contribution in [2.75, 3.05) is 0 Å². The Labute approximate surface area is 101 Å². The molecular weight excluding hydrogens is 218 g/mol. The molecule has 0 unspecified atom stereocenters. The molecule has 1 aliphatic rings. The van der Waals surface area contributed by atoms with E-state index in [4.69, 9.17) is 5.73 Å². The summed E-state index contributed by atoms with van der Waals surface area (Å²) in [5.74, 6) is 0.570. The fourth-order valence-electron chi connectivity index (χ4n) is 2.17. The molecule has 0 atom stereocenters. The number of nitrogens with zero attached hydrogens (tertiary/aromatic N) is 3. The standard InChI is InChI=1S/C11H19N5O/c12-6-10-13-8-16(15-10)7-11(17)14-9-4-2-1-3-5-9/h8-9H,1-7,12H2,(H,14,17). The minimum Gasteiger partial charge on any atom is -0.352 e. The van der Waals surface area contributed by atoms with Gasteiger partial charge in [-0.05, 0) is 12.8 Å². The lowest BCUT2D eigenvalue weighted by Gasteiger charge is -2.22. The van der Waals surface area contributed by atoms with Gasteiger partial charge in [0.2, 0.25) is 5.91 Å². The van der Waals surface area contributed by atoms with Crippen molar-refractivity contribution >= 4 is 5.91 Å². The maximum absolute atomic E-state index is 11.7. The molecule has 1 fully saturated rings. The van der Waals surface area contributed by atoms with Gasteiger partial charge in [0.15, 0.2) is 5.82 Å². The summed E-state index contributed by atoms with van der Waals surface area (Å²) >= 11 is 0. The van der Waals surface area contributed by atoms with Crippen molar-refractivity contribution in [2.24, 2.45) is 5.73 Å². The average Bonchev–Trinajstić information content (AvgIpc) is 2.78. The van der Waals surface area contributed by atoms with Crippen LogP contribution in [0, 0.1) is 0 Å². The maximum atomic E-state index is 11.7. The third-order valence-corrected chi connectivity index (χ3v) is 3.04. The van der Waals surface area contributed by atoms with E-state index in [9.17, 15) is 4.79 Å². The largest absolute Gasteiger partial charge is 0.352 e. The van der Waals surface area contributed by atoms with Gasteiger partial charge in [0.25, 0.3) is 0 Å². The molecule has 17 heavy (non-hydrogen) atoms. The number of amides is 1. The Morgan fingerprint density at radius 3 is 2.88 bits per heavy atom. The highest BCUT2D eigenvalue weighted by Crippen LogP contribution is 2.17. The summed E-state index contributed by atoms with van der Waals surface area (Å²) in [5, 5.41) is 7.12. The van der Waals surface area contributed by atoms with E-state index >= 15 is 0 Å². The summed E-state index contributed by atoms with van der Waals surface area (Å²) in [5.41, 5.74) is 5.40. The van der Waals surface area contributed by atoms with Gasteiger partial charge in [-0.1, -0.05) is 19.3 Å². The van der Waals surface area contributed by atoms with Crippen LogP contribution in [-0.2, 0) is 17.9 Å². The number of hydrogen-bond acceptors (Lipinski definition) is 4. The van der Waals surface area contributed by atoms with Crippen LogP contribution in [-0.4, -0.2) is 26.7 Å². The van der Waals surface area contributed by atoms with Gasteiger partial charge in [-0.2, -0.15) is 5.10 Å². The van der Waals surface area contributed by atoms with Crippen molar-refractivity contribution < 1.29 is 4.79 Å². The molecule has 0 aliphatic heterocycles. The molecule has 0 spiro atoms. The average molecular weight is 237 g/mol. The number of hydrogen-bond donors (Lipinski definition) is 2. The van der Waals surface area contributed by atoms with E-state index in [1.54, 1.807) is 6.33 Å². The van der Waals surface area contributed by atoms with Crippen LogP contribution >= 0.6 is 0 Å². The van der Waals surface area contributed by atoms with Crippen LogP contribution in [0.4, 0.5) is 0 Å². The van der Waals surface area contributed by atoms with Crippen LogP contribution in [0.5, 0.6) is 0 Å². The molecule has 1 aromatic rings. The molecule has 0 radical (unpaired) electrons. The molecule has 3 N–H and O–H groups in total. The molecule has 1 saturated carbocycles. The molecule has 1 heterocycles. The summed E-state index contributed by atoms with van der Waals surface area (Å²) in [6.07, 6.45) is 7.45. The molecule has 6 heteroatoms. The second kappa shape index (κ2) is 5.77. The van der Waals surface area contributed by atoms with Crippen molar-refractivity contribution in [2.45, 2.75) is 51.2 Å². The first kappa shape index (κ1) is 12.0. The Hall–Kier alpha value is -1.43. The first-order chi connectivity index (χ1) is 8.28. The van der Waals surface area contributed by atoms with Crippen LogP contribution < -0.4 is 11.1 Å². The minimum atomic E-state index is 0.00497. The fourth-order valence-corrected chi connectivity index (χ4v) is 2.17. The van der Waals surface area contributed by atoms with E-state index in [1.165, 1.54) is 23.9 Å². The normalized spacial score (nSPS) is 17.0. The zero-order valence-corrected chi connectivity index (χ0v) is 9.93. The zero-order chi connectivity index (χ0) is 12.1. The van der Waals surface area contributed by atoms with E-state index in [2.05, 4.69) is 15.4 Å². The predicted molar refractivity (Wildman–Crippen MR) is 62.9 cm³/mol. The molecule has 2 rings (SSSR count). The van der Waals surface area contributed by atoms with Crippen LogP contribution in [0.1, 0.15) is 37.9 Å². The van der Waals surface area contributed by atoms with Gasteiger partial charge < -0.3 is 11.1 Å². The molecule has 0 saturated heterocycles. The third kappa shape index (κ3) is 3.52. The number of nitrogens with two attached hydrogens (primary N) is 1. The van der Waals surface area contributed by atoms with Crippen molar-refractivity contribution in [3.63, 3.8) is 0 Å². The summed E-state index contributed by atoms with van der Waals surface area (Å²) in [6.45, 7) is 0.529. The molecule has 6 nitrogen and oxygen atoms in total. The van der Waals surface area contributed by atoms with Gasteiger partial charge in [-0.15, -0.1) is 0 Å².